The van der Waals surface area contributed by atoms with E-state index in [1.54, 1.807) is 25.1 Å². The van der Waals surface area contributed by atoms with E-state index in [2.05, 4.69) is 4.98 Å². The van der Waals surface area contributed by atoms with Crippen LogP contribution in [0.3, 0.4) is 0 Å². The van der Waals surface area contributed by atoms with Crippen LogP contribution >= 0.6 is 11.3 Å². The monoisotopic (exact) mass is 323 g/mol. The van der Waals surface area contributed by atoms with Gasteiger partial charge in [0.05, 0.1) is 16.8 Å². The van der Waals surface area contributed by atoms with Gasteiger partial charge in [0.15, 0.2) is 0 Å². The normalized spacial score (nSPS) is 21.5. The van der Waals surface area contributed by atoms with Crippen molar-refractivity contribution in [3.05, 3.63) is 22.2 Å². The van der Waals surface area contributed by atoms with Crippen molar-refractivity contribution in [2.45, 2.75) is 19.4 Å². The van der Waals surface area contributed by atoms with Gasteiger partial charge in [-0.05, 0) is 13.0 Å². The number of aliphatic hydroxyl groups is 1. The quantitative estimate of drug-likeness (QED) is 0.830. The van der Waals surface area contributed by atoms with Crippen LogP contribution in [0.5, 0.6) is 0 Å². The number of aliphatic hydroxyl groups excluding tert-OH is 1. The predicted molar refractivity (Wildman–Crippen MR) is 85.3 cm³/mol. The number of β-amino-alcohol motifs (C(OH)–C–C–N with tert-alkyl or cyclic N) is 1. The van der Waals surface area contributed by atoms with Crippen LogP contribution in [0.4, 0.5) is 0 Å². The van der Waals surface area contributed by atoms with Crippen molar-refractivity contribution < 1.29 is 14.7 Å². The molecule has 6 nitrogen and oxygen atoms in total. The molecule has 2 amide bonds. The van der Waals surface area contributed by atoms with Crippen molar-refractivity contribution in [2.75, 3.05) is 27.2 Å². The Morgan fingerprint density at radius 1 is 1.50 bits per heavy atom. The molecule has 2 atom stereocenters. The molecule has 120 valence electrons. The second-order valence-corrected chi connectivity index (χ2v) is 6.75. The fraction of sp³-hybridized carbons (Fsp3) is 0.533. The van der Waals surface area contributed by atoms with Crippen LogP contribution in [0.15, 0.2) is 11.5 Å². The number of thiazole rings is 1. The van der Waals surface area contributed by atoms with Crippen molar-refractivity contribution >= 4 is 29.2 Å². The third kappa shape index (κ3) is 4.14. The van der Waals surface area contributed by atoms with E-state index in [1.807, 2.05) is 12.3 Å². The largest absolute Gasteiger partial charge is 0.391 e. The number of nitrogens with zero attached hydrogens (tertiary/aromatic N) is 3. The van der Waals surface area contributed by atoms with Gasteiger partial charge in [-0.25, -0.2) is 4.98 Å². The molecule has 1 N–H and O–H groups in total. The zero-order valence-electron chi connectivity index (χ0n) is 13.0. The Morgan fingerprint density at radius 2 is 2.23 bits per heavy atom. The molecule has 1 fully saturated rings. The molecule has 2 rings (SSSR count). The first-order chi connectivity index (χ1) is 10.4. The molecule has 0 radical (unpaired) electrons. The summed E-state index contributed by atoms with van der Waals surface area (Å²) in [5.41, 5.74) is 0.759. The maximum absolute atomic E-state index is 12.1. The Labute approximate surface area is 134 Å². The Bertz CT molecular complexity index is 582. The van der Waals surface area contributed by atoms with Gasteiger partial charge in [0.1, 0.15) is 0 Å². The predicted octanol–water partition coefficient (Wildman–Crippen LogP) is 0.762. The molecular formula is C15H21N3O3S. The minimum absolute atomic E-state index is 0.0353. The summed E-state index contributed by atoms with van der Waals surface area (Å²) in [6, 6.07) is 0. The van der Waals surface area contributed by atoms with Gasteiger partial charge < -0.3 is 14.9 Å². The molecule has 1 aliphatic heterocycles. The summed E-state index contributed by atoms with van der Waals surface area (Å²) < 4.78 is 0. The summed E-state index contributed by atoms with van der Waals surface area (Å²) in [6.45, 7) is 2.58. The minimum atomic E-state index is -0.650. The maximum Gasteiger partial charge on any atom is 0.246 e. The van der Waals surface area contributed by atoms with Crippen LogP contribution in [0.25, 0.3) is 6.08 Å². The van der Waals surface area contributed by atoms with Crippen LogP contribution in [-0.4, -0.2) is 65.0 Å². The highest BCUT2D eigenvalue weighted by atomic mass is 32.1. The van der Waals surface area contributed by atoms with Crippen LogP contribution in [0.2, 0.25) is 0 Å². The van der Waals surface area contributed by atoms with E-state index in [0.29, 0.717) is 6.54 Å². The molecule has 2 heterocycles. The van der Waals surface area contributed by atoms with Gasteiger partial charge in [-0.2, -0.15) is 0 Å². The van der Waals surface area contributed by atoms with Gasteiger partial charge in [0.25, 0.3) is 0 Å². The van der Waals surface area contributed by atoms with Crippen molar-refractivity contribution in [3.63, 3.8) is 0 Å². The molecule has 1 saturated heterocycles. The van der Waals surface area contributed by atoms with Crippen LogP contribution in [0, 0.1) is 12.8 Å². The number of aromatic nitrogens is 1. The van der Waals surface area contributed by atoms with Gasteiger partial charge >= 0.3 is 0 Å². The van der Waals surface area contributed by atoms with E-state index in [-0.39, 0.29) is 30.7 Å². The molecule has 0 aliphatic carbocycles. The Kier molecular flexibility index (Phi) is 5.31. The van der Waals surface area contributed by atoms with E-state index in [1.165, 1.54) is 22.3 Å². The van der Waals surface area contributed by atoms with E-state index in [4.69, 9.17) is 0 Å². The maximum atomic E-state index is 12.1. The van der Waals surface area contributed by atoms with Crippen LogP contribution in [-0.2, 0) is 9.59 Å². The molecule has 1 aliphatic rings. The third-order valence-corrected chi connectivity index (χ3v) is 4.48. The third-order valence-electron chi connectivity index (χ3n) is 3.69. The topological polar surface area (TPSA) is 73.7 Å². The van der Waals surface area contributed by atoms with Gasteiger partial charge in [0, 0.05) is 51.0 Å². The highest BCUT2D eigenvalue weighted by molar-refractivity contribution is 7.09. The lowest BCUT2D eigenvalue weighted by Crippen LogP contribution is -2.29. The summed E-state index contributed by atoms with van der Waals surface area (Å²) in [5.74, 6) is -0.398. The van der Waals surface area contributed by atoms with E-state index in [0.717, 1.165) is 10.7 Å². The van der Waals surface area contributed by atoms with Gasteiger partial charge in [-0.1, -0.05) is 0 Å². The number of hydrogen-bond acceptors (Lipinski definition) is 5. The van der Waals surface area contributed by atoms with Gasteiger partial charge in [-0.15, -0.1) is 11.3 Å². The van der Waals surface area contributed by atoms with E-state index in [9.17, 15) is 14.7 Å². The fourth-order valence-corrected chi connectivity index (χ4v) is 2.94. The summed E-state index contributed by atoms with van der Waals surface area (Å²) >= 11 is 1.53. The Hall–Kier alpha value is -1.73. The van der Waals surface area contributed by atoms with Gasteiger partial charge in [-0.3, -0.25) is 9.59 Å². The summed E-state index contributed by atoms with van der Waals surface area (Å²) in [4.78, 5) is 31.2. The number of carbonyl (C=O) groups is 2. The minimum Gasteiger partial charge on any atom is -0.391 e. The molecule has 1 aromatic rings. The first-order valence-electron chi connectivity index (χ1n) is 7.14. The number of rotatable bonds is 4. The fourth-order valence-electron chi connectivity index (χ4n) is 2.36. The SMILES string of the molecule is Cc1nc(/C=C/C(=O)N2C[C@H](CC(=O)N(C)C)[C@@H](O)C2)cs1. The Morgan fingerprint density at radius 3 is 2.82 bits per heavy atom. The lowest BCUT2D eigenvalue weighted by molar-refractivity contribution is -0.130. The lowest BCUT2D eigenvalue weighted by Gasteiger charge is -2.16. The zero-order valence-corrected chi connectivity index (χ0v) is 13.8. The standard InChI is InChI=1S/C15H21N3O3S/c1-10-16-12(9-22-10)4-5-14(20)18-7-11(13(19)8-18)6-15(21)17(2)3/h4-5,9,11,13,19H,6-8H2,1-3H3/b5-4+/t11-,13-/m0/s1. The summed E-state index contributed by atoms with van der Waals surface area (Å²) in [5, 5.41) is 12.9. The lowest BCUT2D eigenvalue weighted by atomic mass is 10.0. The Balaban J connectivity index is 1.92. The number of likely N-dealkylation sites (tertiary alicyclic amines) is 1. The number of hydrogen-bond donors (Lipinski definition) is 1. The van der Waals surface area contributed by atoms with Crippen LogP contribution < -0.4 is 0 Å². The highest BCUT2D eigenvalue weighted by Gasteiger charge is 2.34. The molecule has 22 heavy (non-hydrogen) atoms. The number of carbonyl (C=O) groups excluding carboxylic acids is 2. The average molecular weight is 323 g/mol. The number of aryl methyl sites for hydroxylation is 1. The van der Waals surface area contributed by atoms with E-state index < -0.39 is 6.10 Å². The average Bonchev–Trinajstić information content (AvgIpc) is 3.03. The highest BCUT2D eigenvalue weighted by Crippen LogP contribution is 2.21. The first kappa shape index (κ1) is 16.6. The first-order valence-corrected chi connectivity index (χ1v) is 8.02. The molecule has 0 bridgehead atoms. The van der Waals surface area contributed by atoms with Crippen molar-refractivity contribution in [3.8, 4) is 0 Å². The van der Waals surface area contributed by atoms with Crippen molar-refractivity contribution in [2.24, 2.45) is 5.92 Å². The summed E-state index contributed by atoms with van der Waals surface area (Å²) in [6.07, 6.45) is 2.75. The summed E-state index contributed by atoms with van der Waals surface area (Å²) in [7, 11) is 3.37. The second kappa shape index (κ2) is 7.02. The molecule has 0 spiro atoms. The molecular weight excluding hydrogens is 302 g/mol. The zero-order chi connectivity index (χ0) is 16.3. The van der Waals surface area contributed by atoms with Crippen LogP contribution in [0.1, 0.15) is 17.1 Å². The second-order valence-electron chi connectivity index (χ2n) is 5.69. The van der Waals surface area contributed by atoms with Crippen molar-refractivity contribution in [1.29, 1.82) is 0 Å². The molecule has 0 unspecified atom stereocenters. The molecule has 1 aromatic heterocycles. The molecule has 7 heteroatoms. The smallest absolute Gasteiger partial charge is 0.246 e. The van der Waals surface area contributed by atoms with E-state index >= 15 is 0 Å². The molecule has 0 aromatic carbocycles. The number of amides is 2. The van der Waals surface area contributed by atoms with Gasteiger partial charge in [0.2, 0.25) is 11.8 Å². The molecule has 0 saturated carbocycles. The van der Waals surface area contributed by atoms with Crippen molar-refractivity contribution in [1.82, 2.24) is 14.8 Å².